The van der Waals surface area contributed by atoms with E-state index < -0.39 is 0 Å². The van der Waals surface area contributed by atoms with E-state index in [0.717, 1.165) is 47.1 Å². The molecule has 3 aromatic rings. The number of piperazine rings is 1. The summed E-state index contributed by atoms with van der Waals surface area (Å²) in [5.74, 6) is 0.746. The Morgan fingerprint density at radius 2 is 2.32 bits per heavy atom. The van der Waals surface area contributed by atoms with Crippen molar-refractivity contribution in [2.24, 2.45) is 0 Å². The van der Waals surface area contributed by atoms with E-state index in [-0.39, 0.29) is 11.6 Å². The average Bonchev–Trinajstić information content (AvgIpc) is 3.31. The third-order valence-corrected chi connectivity index (χ3v) is 6.50. The smallest absolute Gasteiger partial charge is 0.268 e. The Morgan fingerprint density at radius 1 is 1.40 bits per heavy atom. The van der Waals surface area contributed by atoms with Crippen molar-refractivity contribution < 1.29 is 0 Å². The number of H-pyrrole nitrogens is 2. The molecule has 0 aliphatic carbocycles. The summed E-state index contributed by atoms with van der Waals surface area (Å²) in [6.45, 7) is 5.01. The summed E-state index contributed by atoms with van der Waals surface area (Å²) in [6.07, 6.45) is 4.33. The standard InChI is InChI=1S/C17H20N6OS/c1-9-11(7-19-22-9)14-5-12-15(25-14)17(24)21-16(20-12)13-8-23-4-2-3-10(23)6-18-13/h5,7,10,13,18H,2-4,6,8H2,1H3,(H,19,22)(H,20,21,24)/t10-,13?/m1/s1. The molecule has 0 radical (unpaired) electrons. The predicted molar refractivity (Wildman–Crippen MR) is 97.9 cm³/mol. The van der Waals surface area contributed by atoms with Gasteiger partial charge in [0.2, 0.25) is 0 Å². The largest absolute Gasteiger partial charge is 0.308 e. The molecule has 3 N–H and O–H groups in total. The van der Waals surface area contributed by atoms with E-state index in [1.54, 1.807) is 6.20 Å². The van der Waals surface area contributed by atoms with Crippen LogP contribution in [0.25, 0.3) is 20.7 Å². The van der Waals surface area contributed by atoms with Crippen LogP contribution in [0, 0.1) is 6.92 Å². The van der Waals surface area contributed by atoms with E-state index in [9.17, 15) is 4.79 Å². The highest BCUT2D eigenvalue weighted by Gasteiger charge is 2.33. The topological polar surface area (TPSA) is 89.7 Å². The summed E-state index contributed by atoms with van der Waals surface area (Å²) in [4.78, 5) is 23.9. The molecule has 2 saturated heterocycles. The average molecular weight is 356 g/mol. The van der Waals surface area contributed by atoms with Crippen LogP contribution >= 0.6 is 11.3 Å². The van der Waals surface area contributed by atoms with Crippen molar-refractivity contribution in [2.45, 2.75) is 31.8 Å². The van der Waals surface area contributed by atoms with Gasteiger partial charge >= 0.3 is 0 Å². The molecule has 130 valence electrons. The Morgan fingerprint density at radius 3 is 3.16 bits per heavy atom. The monoisotopic (exact) mass is 356 g/mol. The van der Waals surface area contributed by atoms with Gasteiger partial charge in [-0.05, 0) is 32.4 Å². The van der Waals surface area contributed by atoms with Crippen molar-refractivity contribution in [3.8, 4) is 10.4 Å². The third-order valence-electron chi connectivity index (χ3n) is 5.34. The van der Waals surface area contributed by atoms with Crippen molar-refractivity contribution in [3.05, 3.63) is 34.1 Å². The fourth-order valence-corrected chi connectivity index (χ4v) is 5.04. The van der Waals surface area contributed by atoms with E-state index in [4.69, 9.17) is 4.98 Å². The van der Waals surface area contributed by atoms with Gasteiger partial charge in [-0.3, -0.25) is 14.8 Å². The molecule has 8 heteroatoms. The summed E-state index contributed by atoms with van der Waals surface area (Å²) in [6, 6.07) is 2.73. The summed E-state index contributed by atoms with van der Waals surface area (Å²) >= 11 is 1.47. The Hall–Kier alpha value is -2.03. The highest BCUT2D eigenvalue weighted by atomic mass is 32.1. The van der Waals surface area contributed by atoms with Crippen molar-refractivity contribution in [3.63, 3.8) is 0 Å². The molecular weight excluding hydrogens is 336 g/mol. The molecule has 5 rings (SSSR count). The molecule has 7 nitrogen and oxygen atoms in total. The minimum Gasteiger partial charge on any atom is -0.308 e. The molecule has 0 amide bonds. The fraction of sp³-hybridized carbons (Fsp3) is 0.471. The van der Waals surface area contributed by atoms with Crippen LogP contribution < -0.4 is 10.9 Å². The minimum atomic E-state index is -0.0530. The predicted octanol–water partition coefficient (Wildman–Crippen LogP) is 1.79. The fourth-order valence-electron chi connectivity index (χ4n) is 3.98. The van der Waals surface area contributed by atoms with Crippen molar-refractivity contribution in [2.75, 3.05) is 19.6 Å². The first-order chi connectivity index (χ1) is 12.2. The first kappa shape index (κ1) is 15.2. The molecule has 0 saturated carbocycles. The Kier molecular flexibility index (Phi) is 3.51. The molecule has 0 aromatic carbocycles. The molecular formula is C17H20N6OS. The van der Waals surface area contributed by atoms with Gasteiger partial charge in [0.15, 0.2) is 0 Å². The molecule has 3 aromatic heterocycles. The van der Waals surface area contributed by atoms with E-state index in [2.05, 4.69) is 25.4 Å². The maximum absolute atomic E-state index is 12.6. The second-order valence-corrected chi connectivity index (χ2v) is 7.99. The minimum absolute atomic E-state index is 0.0530. The molecule has 2 atom stereocenters. The van der Waals surface area contributed by atoms with Gasteiger partial charge in [-0.15, -0.1) is 11.3 Å². The van der Waals surface area contributed by atoms with Gasteiger partial charge in [-0.2, -0.15) is 5.10 Å². The zero-order valence-electron chi connectivity index (χ0n) is 14.0. The van der Waals surface area contributed by atoms with Crippen molar-refractivity contribution in [1.82, 2.24) is 30.4 Å². The first-order valence-corrected chi connectivity index (χ1v) is 9.52. The lowest BCUT2D eigenvalue weighted by atomic mass is 10.1. The summed E-state index contributed by atoms with van der Waals surface area (Å²) < 4.78 is 0.675. The zero-order valence-corrected chi connectivity index (χ0v) is 14.8. The number of rotatable bonds is 2. The van der Waals surface area contributed by atoms with Gasteiger partial charge < -0.3 is 10.3 Å². The van der Waals surface area contributed by atoms with Crippen LogP contribution in [0.2, 0.25) is 0 Å². The van der Waals surface area contributed by atoms with Crippen LogP contribution in [-0.2, 0) is 0 Å². The Bertz CT molecular complexity index is 989. The number of aromatic nitrogens is 4. The molecule has 2 aliphatic heterocycles. The lowest BCUT2D eigenvalue weighted by Gasteiger charge is -2.35. The number of hydrogen-bond donors (Lipinski definition) is 3. The van der Waals surface area contributed by atoms with Gasteiger partial charge in [0.1, 0.15) is 10.5 Å². The molecule has 0 spiro atoms. The van der Waals surface area contributed by atoms with E-state index in [1.807, 2.05) is 13.0 Å². The zero-order chi connectivity index (χ0) is 17.0. The van der Waals surface area contributed by atoms with Crippen LogP contribution in [0.1, 0.15) is 30.4 Å². The van der Waals surface area contributed by atoms with Crippen molar-refractivity contribution in [1.29, 1.82) is 0 Å². The van der Waals surface area contributed by atoms with Gasteiger partial charge in [0.25, 0.3) is 5.56 Å². The maximum Gasteiger partial charge on any atom is 0.268 e. The second kappa shape index (κ2) is 5.76. The Balaban J connectivity index is 1.52. The van der Waals surface area contributed by atoms with E-state index in [1.165, 1.54) is 24.2 Å². The van der Waals surface area contributed by atoms with Crippen LogP contribution in [0.5, 0.6) is 0 Å². The van der Waals surface area contributed by atoms with Crippen LogP contribution in [-0.4, -0.2) is 50.7 Å². The first-order valence-electron chi connectivity index (χ1n) is 8.70. The number of fused-ring (bicyclic) bond motifs is 2. The van der Waals surface area contributed by atoms with Crippen LogP contribution in [0.15, 0.2) is 17.1 Å². The number of aromatic amines is 2. The normalized spacial score (nSPS) is 24.0. The van der Waals surface area contributed by atoms with Gasteiger partial charge in [0, 0.05) is 35.3 Å². The number of thiophene rings is 1. The quantitative estimate of drug-likeness (QED) is 0.651. The third kappa shape index (κ3) is 2.52. The highest BCUT2D eigenvalue weighted by molar-refractivity contribution is 7.22. The lowest BCUT2D eigenvalue weighted by molar-refractivity contribution is 0.170. The molecule has 25 heavy (non-hydrogen) atoms. The number of nitrogens with zero attached hydrogens (tertiary/aromatic N) is 3. The van der Waals surface area contributed by atoms with E-state index in [0.29, 0.717) is 10.7 Å². The maximum atomic E-state index is 12.6. The number of aryl methyl sites for hydroxylation is 1. The molecule has 5 heterocycles. The van der Waals surface area contributed by atoms with Gasteiger partial charge in [-0.25, -0.2) is 4.98 Å². The van der Waals surface area contributed by atoms with Crippen LogP contribution in [0.4, 0.5) is 0 Å². The summed E-state index contributed by atoms with van der Waals surface area (Å²) in [7, 11) is 0. The van der Waals surface area contributed by atoms with Crippen molar-refractivity contribution >= 4 is 21.6 Å². The molecule has 1 unspecified atom stereocenters. The summed E-state index contributed by atoms with van der Waals surface area (Å²) in [5, 5.41) is 10.6. The number of hydrogen-bond acceptors (Lipinski definition) is 6. The van der Waals surface area contributed by atoms with E-state index >= 15 is 0 Å². The van der Waals surface area contributed by atoms with Crippen LogP contribution in [0.3, 0.4) is 0 Å². The van der Waals surface area contributed by atoms with Gasteiger partial charge in [-0.1, -0.05) is 0 Å². The molecule has 0 bridgehead atoms. The second-order valence-electron chi connectivity index (χ2n) is 6.94. The molecule has 2 fully saturated rings. The lowest BCUT2D eigenvalue weighted by Crippen LogP contribution is -2.50. The van der Waals surface area contributed by atoms with Gasteiger partial charge in [0.05, 0.1) is 17.8 Å². The Labute approximate surface area is 148 Å². The summed E-state index contributed by atoms with van der Waals surface area (Å²) in [5.41, 5.74) is 2.74. The molecule has 2 aliphatic rings. The highest BCUT2D eigenvalue weighted by Crippen LogP contribution is 2.32. The SMILES string of the molecule is Cc1[nH]ncc1-c1cc2nc(C3CN4CCC[C@@H]4CN3)[nH]c(=O)c2s1. The number of nitrogens with one attached hydrogen (secondary N) is 3.